The van der Waals surface area contributed by atoms with Crippen molar-refractivity contribution in [3.8, 4) is 0 Å². The number of benzene rings is 1. The van der Waals surface area contributed by atoms with Crippen LogP contribution in [0.5, 0.6) is 0 Å². The van der Waals surface area contributed by atoms with E-state index in [-0.39, 0.29) is 5.97 Å². The van der Waals surface area contributed by atoms with Crippen molar-refractivity contribution in [3.63, 3.8) is 0 Å². The summed E-state index contributed by atoms with van der Waals surface area (Å²) >= 11 is 0. The number of aryl methyl sites for hydroxylation is 1. The molecule has 23 heavy (non-hydrogen) atoms. The number of esters is 1. The fourth-order valence-electron chi connectivity index (χ4n) is 1.62. The summed E-state index contributed by atoms with van der Waals surface area (Å²) in [6, 6.07) is 10.3. The van der Waals surface area contributed by atoms with Gasteiger partial charge < -0.3 is 9.84 Å². The SMILES string of the molecule is CCCCCCCC(=O)O.CCOC(C)=O.Cc1ccccc1. The number of carboxylic acids is 1. The second-order valence-electron chi connectivity index (χ2n) is 5.14. The Kier molecular flexibility index (Phi) is 18.5. The standard InChI is InChI=1S/C8H16O2.C7H8.C4H8O2/c1-2-3-4-5-6-7-8(9)10;1-7-5-3-2-4-6-7;1-3-6-4(2)5/h2-7H2,1H3,(H,9,10);2-6H,1H3;3H2,1-2H3. The molecule has 1 aromatic carbocycles. The van der Waals surface area contributed by atoms with Crippen molar-refractivity contribution < 1.29 is 19.4 Å². The molecule has 1 aromatic rings. The van der Waals surface area contributed by atoms with E-state index >= 15 is 0 Å². The zero-order valence-corrected chi connectivity index (χ0v) is 15.0. The molecule has 1 rings (SSSR count). The molecule has 0 aliphatic heterocycles. The Balaban J connectivity index is 0. The molecule has 0 saturated carbocycles. The monoisotopic (exact) mass is 324 g/mol. The van der Waals surface area contributed by atoms with Crippen LogP contribution in [-0.2, 0) is 14.3 Å². The number of hydrogen-bond acceptors (Lipinski definition) is 3. The van der Waals surface area contributed by atoms with Crippen LogP contribution in [-0.4, -0.2) is 23.7 Å². The summed E-state index contributed by atoms with van der Waals surface area (Å²) in [5, 5.41) is 8.27. The van der Waals surface area contributed by atoms with Gasteiger partial charge in [-0.15, -0.1) is 0 Å². The minimum Gasteiger partial charge on any atom is -0.481 e. The van der Waals surface area contributed by atoms with Gasteiger partial charge in [0.2, 0.25) is 0 Å². The Hall–Kier alpha value is -1.84. The van der Waals surface area contributed by atoms with Crippen molar-refractivity contribution in [3.05, 3.63) is 35.9 Å². The summed E-state index contributed by atoms with van der Waals surface area (Å²) in [6.45, 7) is 7.89. The van der Waals surface area contributed by atoms with E-state index in [0.29, 0.717) is 13.0 Å². The van der Waals surface area contributed by atoms with Gasteiger partial charge in [-0.25, -0.2) is 0 Å². The normalized spacial score (nSPS) is 8.87. The van der Waals surface area contributed by atoms with E-state index in [1.165, 1.54) is 31.7 Å². The fourth-order valence-corrected chi connectivity index (χ4v) is 1.62. The third-order valence-corrected chi connectivity index (χ3v) is 2.78. The lowest BCUT2D eigenvalue weighted by molar-refractivity contribution is -0.140. The van der Waals surface area contributed by atoms with E-state index in [9.17, 15) is 9.59 Å². The van der Waals surface area contributed by atoms with Crippen LogP contribution in [0.4, 0.5) is 0 Å². The summed E-state index contributed by atoms with van der Waals surface area (Å²) in [5.41, 5.74) is 1.32. The third-order valence-electron chi connectivity index (χ3n) is 2.78. The molecule has 0 spiro atoms. The number of ether oxygens (including phenoxy) is 1. The second kappa shape index (κ2) is 18.2. The van der Waals surface area contributed by atoms with E-state index in [1.54, 1.807) is 6.92 Å². The molecule has 0 amide bonds. The summed E-state index contributed by atoms with van der Waals surface area (Å²) in [5.74, 6) is -0.881. The molecule has 4 nitrogen and oxygen atoms in total. The van der Waals surface area contributed by atoms with Crippen molar-refractivity contribution in [1.82, 2.24) is 0 Å². The van der Waals surface area contributed by atoms with Gasteiger partial charge in [0.15, 0.2) is 0 Å². The largest absolute Gasteiger partial charge is 0.481 e. The summed E-state index contributed by atoms with van der Waals surface area (Å²) in [6.07, 6.45) is 5.88. The van der Waals surface area contributed by atoms with Crippen LogP contribution < -0.4 is 0 Å². The first-order valence-electron chi connectivity index (χ1n) is 8.30. The smallest absolute Gasteiger partial charge is 0.303 e. The number of carbonyl (C=O) groups excluding carboxylic acids is 1. The molecule has 4 heteroatoms. The molecule has 0 radical (unpaired) electrons. The molecule has 0 heterocycles. The van der Waals surface area contributed by atoms with Crippen LogP contribution in [0.15, 0.2) is 30.3 Å². The predicted octanol–water partition coefficient (Wildman–Crippen LogP) is 5.00. The topological polar surface area (TPSA) is 63.6 Å². The third kappa shape index (κ3) is 25.5. The van der Waals surface area contributed by atoms with Crippen molar-refractivity contribution in [2.24, 2.45) is 0 Å². The Morgan fingerprint density at radius 3 is 1.87 bits per heavy atom. The van der Waals surface area contributed by atoms with Crippen molar-refractivity contribution >= 4 is 11.9 Å². The van der Waals surface area contributed by atoms with Crippen LogP contribution in [0.25, 0.3) is 0 Å². The van der Waals surface area contributed by atoms with Crippen LogP contribution in [0.3, 0.4) is 0 Å². The van der Waals surface area contributed by atoms with Gasteiger partial charge in [-0.2, -0.15) is 0 Å². The zero-order valence-electron chi connectivity index (χ0n) is 15.0. The average Bonchev–Trinajstić information content (AvgIpc) is 2.49. The van der Waals surface area contributed by atoms with Crippen LogP contribution in [0.1, 0.15) is 64.9 Å². The first-order chi connectivity index (χ1) is 10.9. The van der Waals surface area contributed by atoms with E-state index in [1.807, 2.05) is 18.2 Å². The van der Waals surface area contributed by atoms with E-state index in [0.717, 1.165) is 12.8 Å². The van der Waals surface area contributed by atoms with E-state index < -0.39 is 5.97 Å². The molecule has 1 N–H and O–H groups in total. The maximum absolute atomic E-state index is 10.0. The van der Waals surface area contributed by atoms with Gasteiger partial charge in [0.05, 0.1) is 6.61 Å². The van der Waals surface area contributed by atoms with Gasteiger partial charge in [-0.1, -0.05) is 68.5 Å². The molecule has 0 atom stereocenters. The van der Waals surface area contributed by atoms with Crippen molar-refractivity contribution in [2.45, 2.75) is 66.2 Å². The lowest BCUT2D eigenvalue weighted by atomic mass is 10.1. The zero-order chi connectivity index (χ0) is 17.9. The minimum absolute atomic E-state index is 0.211. The maximum atomic E-state index is 10.0. The van der Waals surface area contributed by atoms with Crippen LogP contribution >= 0.6 is 0 Å². The second-order valence-corrected chi connectivity index (χ2v) is 5.14. The van der Waals surface area contributed by atoms with Crippen LogP contribution in [0.2, 0.25) is 0 Å². The summed E-state index contributed by atoms with van der Waals surface area (Å²) in [7, 11) is 0. The number of carboxylic acid groups (broad SMARTS) is 1. The summed E-state index contributed by atoms with van der Waals surface area (Å²) in [4.78, 5) is 19.9. The van der Waals surface area contributed by atoms with Gasteiger partial charge in [0.1, 0.15) is 0 Å². The molecule has 0 saturated heterocycles. The molecular formula is C19H32O4. The molecule has 0 bridgehead atoms. The molecule has 0 aromatic heterocycles. The first-order valence-corrected chi connectivity index (χ1v) is 8.30. The van der Waals surface area contributed by atoms with Crippen molar-refractivity contribution in [2.75, 3.05) is 6.61 Å². The lowest BCUT2D eigenvalue weighted by Gasteiger charge is -1.95. The highest BCUT2D eigenvalue weighted by molar-refractivity contribution is 5.66. The van der Waals surface area contributed by atoms with Crippen LogP contribution in [0, 0.1) is 6.92 Å². The quantitative estimate of drug-likeness (QED) is 0.566. The number of hydrogen-bond donors (Lipinski definition) is 1. The Morgan fingerprint density at radius 1 is 1.00 bits per heavy atom. The number of rotatable bonds is 7. The maximum Gasteiger partial charge on any atom is 0.303 e. The Labute approximate surface area is 140 Å². The Bertz CT molecular complexity index is 388. The molecule has 132 valence electrons. The van der Waals surface area contributed by atoms with Gasteiger partial charge in [0, 0.05) is 13.3 Å². The fraction of sp³-hybridized carbons (Fsp3) is 0.579. The van der Waals surface area contributed by atoms with Gasteiger partial charge >= 0.3 is 11.9 Å². The van der Waals surface area contributed by atoms with Crippen molar-refractivity contribution in [1.29, 1.82) is 0 Å². The highest BCUT2D eigenvalue weighted by Gasteiger charge is 1.94. The first kappa shape index (κ1) is 23.4. The average molecular weight is 324 g/mol. The molecule has 0 aliphatic carbocycles. The molecule has 0 fully saturated rings. The number of carbonyl (C=O) groups is 2. The van der Waals surface area contributed by atoms with E-state index in [2.05, 4.69) is 30.7 Å². The minimum atomic E-state index is -0.670. The highest BCUT2D eigenvalue weighted by Crippen LogP contribution is 2.04. The number of aliphatic carboxylic acids is 1. The predicted molar refractivity (Wildman–Crippen MR) is 94.5 cm³/mol. The summed E-state index contributed by atoms with van der Waals surface area (Å²) < 4.78 is 4.40. The highest BCUT2D eigenvalue weighted by atomic mass is 16.5. The Morgan fingerprint density at radius 2 is 1.57 bits per heavy atom. The molecule has 0 unspecified atom stereocenters. The van der Waals surface area contributed by atoms with Gasteiger partial charge in [-0.05, 0) is 20.3 Å². The molecular weight excluding hydrogens is 292 g/mol. The van der Waals surface area contributed by atoms with Gasteiger partial charge in [0.25, 0.3) is 0 Å². The molecule has 0 aliphatic rings. The number of unbranched alkanes of at least 4 members (excludes halogenated alkanes) is 4. The lowest BCUT2D eigenvalue weighted by Crippen LogP contribution is -1.95. The van der Waals surface area contributed by atoms with Gasteiger partial charge in [-0.3, -0.25) is 9.59 Å². The van der Waals surface area contributed by atoms with E-state index in [4.69, 9.17) is 5.11 Å².